The average Bonchev–Trinajstić information content (AvgIpc) is 2.72. The first-order chi connectivity index (χ1) is 7.84. The van der Waals surface area contributed by atoms with Crippen molar-refractivity contribution in [2.45, 2.75) is 20.0 Å². The summed E-state index contributed by atoms with van der Waals surface area (Å²) < 4.78 is 2.07. The molecule has 0 aliphatic heterocycles. The molecule has 5 nitrogen and oxygen atoms in total. The topological polar surface area (TPSA) is 55.6 Å². The normalized spacial score (nSPS) is 10.6. The van der Waals surface area contributed by atoms with Crippen molar-refractivity contribution in [2.24, 2.45) is 0 Å². The van der Waals surface area contributed by atoms with Crippen molar-refractivity contribution in [3.8, 4) is 0 Å². The minimum atomic E-state index is 0.800. The van der Waals surface area contributed by atoms with Gasteiger partial charge in [0.1, 0.15) is 6.33 Å². The van der Waals surface area contributed by atoms with Gasteiger partial charge >= 0.3 is 0 Å². The third-order valence-corrected chi connectivity index (χ3v) is 2.25. The largest absolute Gasteiger partial charge is 0.336 e. The second-order valence-corrected chi connectivity index (χ2v) is 3.68. The molecule has 0 saturated heterocycles. The molecule has 2 rings (SSSR count). The lowest BCUT2D eigenvalue weighted by molar-refractivity contribution is 0.595. The van der Waals surface area contributed by atoms with Crippen molar-refractivity contribution in [3.05, 3.63) is 42.5 Å². The minimum absolute atomic E-state index is 0.800. The maximum absolute atomic E-state index is 4.17. The highest BCUT2D eigenvalue weighted by atomic mass is 15.0. The highest BCUT2D eigenvalue weighted by molar-refractivity contribution is 5.01. The lowest BCUT2D eigenvalue weighted by atomic mass is 10.3. The molecular weight excluding hydrogens is 202 g/mol. The molecule has 0 saturated carbocycles. The van der Waals surface area contributed by atoms with Crippen LogP contribution in [-0.4, -0.2) is 26.1 Å². The predicted octanol–water partition coefficient (Wildman–Crippen LogP) is 0.771. The van der Waals surface area contributed by atoms with Gasteiger partial charge < -0.3 is 9.88 Å². The SMILES string of the molecule is Cc1cn(CCNCc2cncnc2)cn1. The highest BCUT2D eigenvalue weighted by Crippen LogP contribution is 1.93. The van der Waals surface area contributed by atoms with Gasteiger partial charge in [-0.3, -0.25) is 0 Å². The number of nitrogens with zero attached hydrogens (tertiary/aromatic N) is 4. The van der Waals surface area contributed by atoms with Crippen LogP contribution >= 0.6 is 0 Å². The smallest absolute Gasteiger partial charge is 0.115 e. The summed E-state index contributed by atoms with van der Waals surface area (Å²) in [6, 6.07) is 0. The number of aromatic nitrogens is 4. The van der Waals surface area contributed by atoms with Crippen LogP contribution in [0.5, 0.6) is 0 Å². The molecule has 2 aromatic rings. The summed E-state index contributed by atoms with van der Waals surface area (Å²) in [7, 11) is 0. The molecule has 0 bridgehead atoms. The van der Waals surface area contributed by atoms with Gasteiger partial charge in [-0.05, 0) is 6.92 Å². The monoisotopic (exact) mass is 217 g/mol. The second kappa shape index (κ2) is 5.37. The number of aryl methyl sites for hydroxylation is 1. The molecule has 1 N–H and O–H groups in total. The van der Waals surface area contributed by atoms with Crippen LogP contribution in [0, 0.1) is 6.92 Å². The Balaban J connectivity index is 1.69. The third kappa shape index (κ3) is 3.13. The fraction of sp³-hybridized carbons (Fsp3) is 0.364. The number of hydrogen-bond acceptors (Lipinski definition) is 4. The molecular formula is C11H15N5. The van der Waals surface area contributed by atoms with Crippen LogP contribution in [0.25, 0.3) is 0 Å². The van der Waals surface area contributed by atoms with E-state index in [1.165, 1.54) is 6.33 Å². The van der Waals surface area contributed by atoms with Gasteiger partial charge in [-0.2, -0.15) is 0 Å². The number of rotatable bonds is 5. The minimum Gasteiger partial charge on any atom is -0.336 e. The summed E-state index contributed by atoms with van der Waals surface area (Å²) in [6.07, 6.45) is 9.07. The van der Waals surface area contributed by atoms with Crippen molar-refractivity contribution < 1.29 is 0 Å². The Morgan fingerprint density at radius 1 is 1.31 bits per heavy atom. The zero-order valence-electron chi connectivity index (χ0n) is 9.30. The van der Waals surface area contributed by atoms with E-state index in [4.69, 9.17) is 0 Å². The number of hydrogen-bond donors (Lipinski definition) is 1. The fourth-order valence-corrected chi connectivity index (χ4v) is 1.46. The molecule has 84 valence electrons. The average molecular weight is 217 g/mol. The summed E-state index contributed by atoms with van der Waals surface area (Å²) >= 11 is 0. The first kappa shape index (κ1) is 10.8. The fourth-order valence-electron chi connectivity index (χ4n) is 1.46. The molecule has 0 radical (unpaired) electrons. The second-order valence-electron chi connectivity index (χ2n) is 3.68. The van der Waals surface area contributed by atoms with E-state index in [1.54, 1.807) is 0 Å². The van der Waals surface area contributed by atoms with E-state index in [0.717, 1.165) is 30.9 Å². The molecule has 16 heavy (non-hydrogen) atoms. The van der Waals surface area contributed by atoms with Gasteiger partial charge in [-0.1, -0.05) is 0 Å². The van der Waals surface area contributed by atoms with Crippen LogP contribution in [-0.2, 0) is 13.1 Å². The highest BCUT2D eigenvalue weighted by Gasteiger charge is 1.94. The van der Waals surface area contributed by atoms with Crippen LogP contribution in [0.3, 0.4) is 0 Å². The summed E-state index contributed by atoms with van der Waals surface area (Å²) in [6.45, 7) is 4.62. The molecule has 5 heteroatoms. The van der Waals surface area contributed by atoms with E-state index < -0.39 is 0 Å². The quantitative estimate of drug-likeness (QED) is 0.752. The molecule has 0 aliphatic rings. The summed E-state index contributed by atoms with van der Waals surface area (Å²) in [5.41, 5.74) is 2.15. The Morgan fingerprint density at radius 3 is 2.81 bits per heavy atom. The molecule has 2 aromatic heterocycles. The molecule has 0 unspecified atom stereocenters. The Bertz CT molecular complexity index is 423. The van der Waals surface area contributed by atoms with E-state index in [2.05, 4.69) is 24.8 Å². The molecule has 0 atom stereocenters. The van der Waals surface area contributed by atoms with Gasteiger partial charge in [-0.25, -0.2) is 15.0 Å². The van der Waals surface area contributed by atoms with Gasteiger partial charge in [0.15, 0.2) is 0 Å². The maximum atomic E-state index is 4.17. The van der Waals surface area contributed by atoms with Gasteiger partial charge in [0.05, 0.1) is 12.0 Å². The van der Waals surface area contributed by atoms with Gasteiger partial charge in [0.25, 0.3) is 0 Å². The molecule has 0 aliphatic carbocycles. The summed E-state index contributed by atoms with van der Waals surface area (Å²) in [5.74, 6) is 0. The standard InChI is InChI=1S/C11H15N5/c1-10-7-16(9-15-10)3-2-12-4-11-5-13-8-14-6-11/h5-9,12H,2-4H2,1H3. The Kier molecular flexibility index (Phi) is 3.61. The van der Waals surface area contributed by atoms with Crippen LogP contribution in [0.2, 0.25) is 0 Å². The van der Waals surface area contributed by atoms with E-state index >= 15 is 0 Å². The van der Waals surface area contributed by atoms with Crippen LogP contribution in [0.15, 0.2) is 31.2 Å². The zero-order chi connectivity index (χ0) is 11.2. The summed E-state index contributed by atoms with van der Waals surface area (Å²) in [4.78, 5) is 12.1. The molecule has 0 fully saturated rings. The van der Waals surface area contributed by atoms with Crippen molar-refractivity contribution in [1.82, 2.24) is 24.8 Å². The Morgan fingerprint density at radius 2 is 2.12 bits per heavy atom. The molecule has 0 spiro atoms. The first-order valence-electron chi connectivity index (χ1n) is 5.27. The lowest BCUT2D eigenvalue weighted by Crippen LogP contribution is -2.19. The van der Waals surface area contributed by atoms with E-state index in [-0.39, 0.29) is 0 Å². The van der Waals surface area contributed by atoms with Crippen molar-refractivity contribution >= 4 is 0 Å². The number of nitrogens with one attached hydrogen (secondary N) is 1. The summed E-state index contributed by atoms with van der Waals surface area (Å²) in [5, 5.41) is 3.33. The first-order valence-corrected chi connectivity index (χ1v) is 5.27. The van der Waals surface area contributed by atoms with E-state index in [1.807, 2.05) is 31.8 Å². The predicted molar refractivity (Wildman–Crippen MR) is 60.7 cm³/mol. The maximum Gasteiger partial charge on any atom is 0.115 e. The van der Waals surface area contributed by atoms with Crippen molar-refractivity contribution in [3.63, 3.8) is 0 Å². The lowest BCUT2D eigenvalue weighted by Gasteiger charge is -2.04. The van der Waals surface area contributed by atoms with E-state index in [0.29, 0.717) is 0 Å². The van der Waals surface area contributed by atoms with Crippen LogP contribution in [0.4, 0.5) is 0 Å². The van der Waals surface area contributed by atoms with Crippen LogP contribution < -0.4 is 5.32 Å². The van der Waals surface area contributed by atoms with Gasteiger partial charge in [0.2, 0.25) is 0 Å². The molecule has 2 heterocycles. The Hall–Kier alpha value is -1.75. The molecule has 0 aromatic carbocycles. The van der Waals surface area contributed by atoms with E-state index in [9.17, 15) is 0 Å². The van der Waals surface area contributed by atoms with Gasteiger partial charge in [-0.15, -0.1) is 0 Å². The van der Waals surface area contributed by atoms with Crippen molar-refractivity contribution in [1.29, 1.82) is 0 Å². The Labute approximate surface area is 94.6 Å². The number of imidazole rings is 1. The zero-order valence-corrected chi connectivity index (χ0v) is 9.30. The van der Waals surface area contributed by atoms with Crippen LogP contribution in [0.1, 0.15) is 11.3 Å². The van der Waals surface area contributed by atoms with Crippen molar-refractivity contribution in [2.75, 3.05) is 6.54 Å². The third-order valence-electron chi connectivity index (χ3n) is 2.25. The molecule has 0 amide bonds. The van der Waals surface area contributed by atoms with Gasteiger partial charge in [0, 0.05) is 43.8 Å².